The van der Waals surface area contributed by atoms with Crippen molar-refractivity contribution in [2.24, 2.45) is 5.10 Å². The van der Waals surface area contributed by atoms with Gasteiger partial charge in [0.25, 0.3) is 5.91 Å². The topological polar surface area (TPSA) is 61.7 Å². The highest BCUT2D eigenvalue weighted by molar-refractivity contribution is 7.99. The number of carbonyl (C=O) groups excluding carboxylic acids is 1. The van der Waals surface area contributed by atoms with E-state index in [9.17, 15) is 9.18 Å². The zero-order chi connectivity index (χ0) is 22.6. The zero-order valence-corrected chi connectivity index (χ0v) is 19.7. The number of hydrazone groups is 1. The first kappa shape index (κ1) is 22.0. The Morgan fingerprint density at radius 2 is 1.94 bits per heavy atom. The fourth-order valence-corrected chi connectivity index (χ4v) is 5.62. The molecule has 3 aromatic rings. The van der Waals surface area contributed by atoms with E-state index in [2.05, 4.69) is 20.0 Å². The van der Waals surface area contributed by atoms with Crippen molar-refractivity contribution in [2.75, 3.05) is 23.7 Å². The number of rotatable bonds is 6. The number of anilines is 1. The van der Waals surface area contributed by atoms with E-state index in [1.54, 1.807) is 34.8 Å². The van der Waals surface area contributed by atoms with Gasteiger partial charge in [0.15, 0.2) is 0 Å². The van der Waals surface area contributed by atoms with Crippen LogP contribution in [0.15, 0.2) is 64.3 Å². The van der Waals surface area contributed by atoms with Crippen LogP contribution < -0.4 is 4.90 Å². The molecule has 0 aliphatic carbocycles. The Labute approximate surface area is 200 Å². The Balaban J connectivity index is 1.31. The lowest BCUT2D eigenvalue weighted by Gasteiger charge is -2.27. The number of carbonyl (C=O) groups is 1. The van der Waals surface area contributed by atoms with E-state index in [0.29, 0.717) is 6.42 Å². The van der Waals surface area contributed by atoms with Gasteiger partial charge in [-0.3, -0.25) is 4.79 Å². The number of thioether (sulfide) groups is 1. The van der Waals surface area contributed by atoms with E-state index >= 15 is 0 Å². The molecule has 33 heavy (non-hydrogen) atoms. The third-order valence-corrected chi connectivity index (χ3v) is 7.71. The van der Waals surface area contributed by atoms with Gasteiger partial charge in [-0.25, -0.2) is 19.4 Å². The second kappa shape index (κ2) is 10.0. The van der Waals surface area contributed by atoms with Gasteiger partial charge in [-0.1, -0.05) is 30.0 Å². The van der Waals surface area contributed by atoms with Gasteiger partial charge in [0, 0.05) is 25.6 Å². The van der Waals surface area contributed by atoms with Gasteiger partial charge in [0.2, 0.25) is 0 Å². The van der Waals surface area contributed by atoms with E-state index < -0.39 is 0 Å². The van der Waals surface area contributed by atoms with Gasteiger partial charge in [0.05, 0.1) is 22.4 Å². The minimum absolute atomic E-state index is 0.0981. The summed E-state index contributed by atoms with van der Waals surface area (Å²) in [5.74, 6) is 0.745. The highest BCUT2D eigenvalue weighted by Crippen LogP contribution is 2.35. The standard InChI is InChI=1S/C24H24FN5OS2/c25-18-8-6-17(7-9-18)20-13-19(21-5-4-12-32-21)28-30(20)24(31)15-33-23-14-22(26-16-27-23)29-10-2-1-3-11-29/h4-9,12,14,16,20H,1-3,10-11,13,15H2. The highest BCUT2D eigenvalue weighted by atomic mass is 32.2. The molecule has 170 valence electrons. The van der Waals surface area contributed by atoms with Crippen molar-refractivity contribution < 1.29 is 9.18 Å². The fourth-order valence-electron chi connectivity index (χ4n) is 4.18. The molecule has 9 heteroatoms. The lowest BCUT2D eigenvalue weighted by Crippen LogP contribution is -2.30. The number of amides is 1. The summed E-state index contributed by atoms with van der Waals surface area (Å²) >= 11 is 3.00. The first-order chi connectivity index (χ1) is 16.2. The predicted molar refractivity (Wildman–Crippen MR) is 130 cm³/mol. The molecule has 1 unspecified atom stereocenters. The number of thiophene rings is 1. The van der Waals surface area contributed by atoms with Gasteiger partial charge in [-0.2, -0.15) is 5.10 Å². The molecular weight excluding hydrogens is 457 g/mol. The summed E-state index contributed by atoms with van der Waals surface area (Å²) in [4.78, 5) is 25.3. The van der Waals surface area contributed by atoms with Crippen LogP contribution in [0.2, 0.25) is 0 Å². The average molecular weight is 482 g/mol. The first-order valence-corrected chi connectivity index (χ1v) is 12.9. The summed E-state index contributed by atoms with van der Waals surface area (Å²) in [6, 6.07) is 12.0. The molecule has 5 rings (SSSR count). The molecule has 1 saturated heterocycles. The summed E-state index contributed by atoms with van der Waals surface area (Å²) in [6.45, 7) is 2.01. The SMILES string of the molecule is O=C(CSc1cc(N2CCCCC2)ncn1)N1N=C(c2cccs2)CC1c1ccc(F)cc1. The van der Waals surface area contributed by atoms with Crippen LogP contribution in [0.3, 0.4) is 0 Å². The van der Waals surface area contributed by atoms with Crippen LogP contribution in [-0.4, -0.2) is 45.4 Å². The highest BCUT2D eigenvalue weighted by Gasteiger charge is 2.33. The van der Waals surface area contributed by atoms with Crippen molar-refractivity contribution in [2.45, 2.75) is 36.8 Å². The Bertz CT molecular complexity index is 1130. The third-order valence-electron chi connectivity index (χ3n) is 5.88. The van der Waals surface area contributed by atoms with Gasteiger partial charge in [-0.15, -0.1) is 11.3 Å². The summed E-state index contributed by atoms with van der Waals surface area (Å²) in [5, 5.41) is 9.01. The Morgan fingerprint density at radius 1 is 1.12 bits per heavy atom. The molecule has 2 aliphatic heterocycles. The maximum atomic E-state index is 13.5. The maximum absolute atomic E-state index is 13.5. The molecule has 0 spiro atoms. The molecule has 0 radical (unpaired) electrons. The predicted octanol–water partition coefficient (Wildman–Crippen LogP) is 5.14. The van der Waals surface area contributed by atoms with Crippen LogP contribution in [0.4, 0.5) is 10.2 Å². The normalized spacial score (nSPS) is 18.5. The molecule has 0 saturated carbocycles. The summed E-state index contributed by atoms with van der Waals surface area (Å²) < 4.78 is 13.5. The van der Waals surface area contributed by atoms with Crippen LogP contribution in [0, 0.1) is 5.82 Å². The molecule has 1 fully saturated rings. The van der Waals surface area contributed by atoms with Crippen LogP contribution in [0.1, 0.15) is 42.2 Å². The minimum atomic E-state index is -0.294. The lowest BCUT2D eigenvalue weighted by molar-refractivity contribution is -0.130. The second-order valence-corrected chi connectivity index (χ2v) is 10.0. The molecule has 0 N–H and O–H groups in total. The zero-order valence-electron chi connectivity index (χ0n) is 18.1. The minimum Gasteiger partial charge on any atom is -0.356 e. The van der Waals surface area contributed by atoms with Crippen molar-refractivity contribution in [1.29, 1.82) is 0 Å². The molecular formula is C24H24FN5OS2. The number of hydrogen-bond acceptors (Lipinski definition) is 7. The van der Waals surface area contributed by atoms with Crippen molar-refractivity contribution in [3.63, 3.8) is 0 Å². The average Bonchev–Trinajstić information content (AvgIpc) is 3.54. The maximum Gasteiger partial charge on any atom is 0.253 e. The van der Waals surface area contributed by atoms with Crippen molar-refractivity contribution >= 4 is 40.5 Å². The van der Waals surface area contributed by atoms with E-state index in [1.165, 1.54) is 43.2 Å². The van der Waals surface area contributed by atoms with Gasteiger partial charge < -0.3 is 4.90 Å². The number of benzene rings is 1. The molecule has 2 aromatic heterocycles. The van der Waals surface area contributed by atoms with Gasteiger partial charge in [0.1, 0.15) is 23.0 Å². The van der Waals surface area contributed by atoms with E-state index in [4.69, 9.17) is 0 Å². The number of piperidine rings is 1. The lowest BCUT2D eigenvalue weighted by atomic mass is 10.0. The van der Waals surface area contributed by atoms with Crippen molar-refractivity contribution in [3.05, 3.63) is 70.4 Å². The molecule has 1 aromatic carbocycles. The van der Waals surface area contributed by atoms with Crippen molar-refractivity contribution in [3.8, 4) is 0 Å². The number of nitrogens with zero attached hydrogens (tertiary/aromatic N) is 5. The number of halogens is 1. The quantitative estimate of drug-likeness (QED) is 0.361. The Morgan fingerprint density at radius 3 is 2.70 bits per heavy atom. The number of aromatic nitrogens is 2. The third kappa shape index (κ3) is 5.09. The fraction of sp³-hybridized carbons (Fsp3) is 0.333. The van der Waals surface area contributed by atoms with E-state index in [-0.39, 0.29) is 23.5 Å². The monoisotopic (exact) mass is 481 g/mol. The Kier molecular flexibility index (Phi) is 6.68. The van der Waals surface area contributed by atoms with Crippen LogP contribution in [0.25, 0.3) is 0 Å². The van der Waals surface area contributed by atoms with Crippen LogP contribution in [-0.2, 0) is 4.79 Å². The molecule has 1 atom stereocenters. The summed E-state index contributed by atoms with van der Waals surface area (Å²) in [6.07, 6.45) is 5.79. The Hall–Kier alpha value is -2.78. The van der Waals surface area contributed by atoms with Crippen LogP contribution in [0.5, 0.6) is 0 Å². The second-order valence-electron chi connectivity index (χ2n) is 8.08. The molecule has 4 heterocycles. The van der Waals surface area contributed by atoms with Gasteiger partial charge >= 0.3 is 0 Å². The van der Waals surface area contributed by atoms with E-state index in [1.807, 2.05) is 23.6 Å². The summed E-state index contributed by atoms with van der Waals surface area (Å²) in [7, 11) is 0. The van der Waals surface area contributed by atoms with E-state index in [0.717, 1.165) is 40.1 Å². The molecule has 0 bridgehead atoms. The first-order valence-electron chi connectivity index (χ1n) is 11.1. The summed E-state index contributed by atoms with van der Waals surface area (Å²) in [5.41, 5.74) is 1.76. The molecule has 6 nitrogen and oxygen atoms in total. The van der Waals surface area contributed by atoms with Gasteiger partial charge in [-0.05, 0) is 48.4 Å². The largest absolute Gasteiger partial charge is 0.356 e. The van der Waals surface area contributed by atoms with Crippen molar-refractivity contribution in [1.82, 2.24) is 15.0 Å². The van der Waals surface area contributed by atoms with Crippen LogP contribution >= 0.6 is 23.1 Å². The molecule has 1 amide bonds. The number of hydrogen-bond donors (Lipinski definition) is 0. The molecule has 2 aliphatic rings. The smallest absolute Gasteiger partial charge is 0.253 e.